The molecular formula is C25H29N3O4S2. The lowest BCUT2D eigenvalue weighted by molar-refractivity contribution is 0.0638. The highest BCUT2D eigenvalue weighted by Crippen LogP contribution is 2.17. The van der Waals surface area contributed by atoms with E-state index in [9.17, 15) is 13.2 Å². The Morgan fingerprint density at radius 1 is 1.03 bits per heavy atom. The van der Waals surface area contributed by atoms with E-state index in [-0.39, 0.29) is 17.3 Å². The van der Waals surface area contributed by atoms with Gasteiger partial charge in [0.15, 0.2) is 0 Å². The van der Waals surface area contributed by atoms with Crippen molar-refractivity contribution < 1.29 is 17.9 Å². The maximum atomic E-state index is 13.1. The van der Waals surface area contributed by atoms with E-state index in [0.717, 1.165) is 36.7 Å². The maximum absolute atomic E-state index is 13.1. The number of sulfonamides is 1. The van der Waals surface area contributed by atoms with E-state index in [1.807, 2.05) is 29.6 Å². The molecule has 4 rings (SSSR count). The van der Waals surface area contributed by atoms with Crippen molar-refractivity contribution in [3.63, 3.8) is 0 Å². The van der Waals surface area contributed by atoms with Crippen LogP contribution in [0, 0.1) is 0 Å². The van der Waals surface area contributed by atoms with Gasteiger partial charge in [0.05, 0.1) is 12.0 Å². The molecule has 1 amide bonds. The number of hydrogen-bond donors (Lipinski definition) is 1. The fourth-order valence-electron chi connectivity index (χ4n) is 3.90. The molecule has 0 aliphatic carbocycles. The molecular weight excluding hydrogens is 470 g/mol. The van der Waals surface area contributed by atoms with E-state index >= 15 is 0 Å². The Hall–Kier alpha value is -2.72. The molecule has 0 saturated carbocycles. The molecule has 0 unspecified atom stereocenters. The van der Waals surface area contributed by atoms with Gasteiger partial charge in [-0.1, -0.05) is 24.3 Å². The Kier molecular flexibility index (Phi) is 7.99. The fraction of sp³-hybridized carbons (Fsp3) is 0.320. The summed E-state index contributed by atoms with van der Waals surface area (Å²) in [5.74, 6) is 0.719. The first kappa shape index (κ1) is 24.4. The standard InChI is InChI=1S/C25H29N3O4S2/c1-32-22-9-7-20(8-10-22)11-12-27-13-15-28(16-14-27)25(29)21-4-2-6-24(18-21)34(30,31)26-19-23-5-3-17-33-23/h2-10,17-18,26H,11-16,19H2,1H3. The van der Waals surface area contributed by atoms with E-state index in [2.05, 4.69) is 21.8 Å². The molecule has 1 saturated heterocycles. The van der Waals surface area contributed by atoms with Gasteiger partial charge in [0.1, 0.15) is 5.75 Å². The van der Waals surface area contributed by atoms with Crippen molar-refractivity contribution in [2.75, 3.05) is 39.8 Å². The van der Waals surface area contributed by atoms with E-state index < -0.39 is 10.0 Å². The second kappa shape index (κ2) is 11.1. The normalized spacial score (nSPS) is 14.8. The van der Waals surface area contributed by atoms with Gasteiger partial charge in [0.25, 0.3) is 5.91 Å². The summed E-state index contributed by atoms with van der Waals surface area (Å²) in [4.78, 5) is 18.2. The van der Waals surface area contributed by atoms with Gasteiger partial charge >= 0.3 is 0 Å². The Balaban J connectivity index is 1.30. The molecule has 3 aromatic rings. The lowest BCUT2D eigenvalue weighted by Crippen LogP contribution is -2.49. The maximum Gasteiger partial charge on any atom is 0.253 e. The third kappa shape index (κ3) is 6.24. The quantitative estimate of drug-likeness (QED) is 0.489. The van der Waals surface area contributed by atoms with Crippen LogP contribution >= 0.6 is 11.3 Å². The van der Waals surface area contributed by atoms with E-state index in [0.29, 0.717) is 18.7 Å². The van der Waals surface area contributed by atoms with Gasteiger partial charge in [-0.3, -0.25) is 9.69 Å². The number of carbonyl (C=O) groups excluding carboxylic acids is 1. The summed E-state index contributed by atoms with van der Waals surface area (Å²) < 4.78 is 33.2. The minimum Gasteiger partial charge on any atom is -0.497 e. The lowest BCUT2D eigenvalue weighted by Gasteiger charge is -2.34. The monoisotopic (exact) mass is 499 g/mol. The van der Waals surface area contributed by atoms with Crippen molar-refractivity contribution in [1.29, 1.82) is 0 Å². The number of carbonyl (C=O) groups is 1. The SMILES string of the molecule is COc1ccc(CCN2CCN(C(=O)c3cccc(S(=O)(=O)NCc4cccs4)c3)CC2)cc1. The van der Waals surface area contributed by atoms with Crippen molar-refractivity contribution >= 4 is 27.3 Å². The predicted molar refractivity (Wildman–Crippen MR) is 134 cm³/mol. The average Bonchev–Trinajstić information content (AvgIpc) is 3.40. The molecule has 9 heteroatoms. The number of rotatable bonds is 9. The van der Waals surface area contributed by atoms with Gasteiger partial charge < -0.3 is 9.64 Å². The highest BCUT2D eigenvalue weighted by atomic mass is 32.2. The van der Waals surface area contributed by atoms with E-state index in [1.165, 1.54) is 29.0 Å². The summed E-state index contributed by atoms with van der Waals surface area (Å²) in [5.41, 5.74) is 1.65. The molecule has 7 nitrogen and oxygen atoms in total. The molecule has 1 fully saturated rings. The number of amides is 1. The number of thiophene rings is 1. The third-order valence-electron chi connectivity index (χ3n) is 5.94. The van der Waals surface area contributed by atoms with Crippen LogP contribution in [0.2, 0.25) is 0 Å². The van der Waals surface area contributed by atoms with Gasteiger partial charge in [-0.15, -0.1) is 11.3 Å². The van der Waals surface area contributed by atoms with Crippen molar-refractivity contribution in [3.8, 4) is 5.75 Å². The molecule has 34 heavy (non-hydrogen) atoms. The molecule has 1 aromatic heterocycles. The number of nitrogens with zero attached hydrogens (tertiary/aromatic N) is 2. The summed E-state index contributed by atoms with van der Waals surface area (Å²) in [5, 5.41) is 1.90. The molecule has 1 aliphatic rings. The molecule has 1 N–H and O–H groups in total. The second-order valence-corrected chi connectivity index (χ2v) is 11.0. The summed E-state index contributed by atoms with van der Waals surface area (Å²) in [6.07, 6.45) is 0.941. The minimum atomic E-state index is -3.70. The Morgan fingerprint density at radius 3 is 2.47 bits per heavy atom. The Morgan fingerprint density at radius 2 is 1.79 bits per heavy atom. The zero-order chi connectivity index (χ0) is 24.0. The first-order chi connectivity index (χ1) is 16.4. The molecule has 0 bridgehead atoms. The van der Waals surface area contributed by atoms with Crippen LogP contribution in [0.1, 0.15) is 20.8 Å². The highest BCUT2D eigenvalue weighted by Gasteiger charge is 2.23. The van der Waals surface area contributed by atoms with Crippen LogP contribution in [0.5, 0.6) is 5.75 Å². The topological polar surface area (TPSA) is 79.0 Å². The zero-order valence-electron chi connectivity index (χ0n) is 19.1. The molecule has 0 atom stereocenters. The second-order valence-electron chi connectivity index (χ2n) is 8.16. The average molecular weight is 500 g/mol. The van der Waals surface area contributed by atoms with Gasteiger partial charge in [-0.25, -0.2) is 13.1 Å². The summed E-state index contributed by atoms with van der Waals surface area (Å²) in [6.45, 7) is 3.99. The number of nitrogens with one attached hydrogen (secondary N) is 1. The number of piperazine rings is 1. The van der Waals surface area contributed by atoms with Gasteiger partial charge in [-0.05, 0) is 53.8 Å². The van der Waals surface area contributed by atoms with Crippen LogP contribution in [0.4, 0.5) is 0 Å². The fourth-order valence-corrected chi connectivity index (χ4v) is 5.68. The van der Waals surface area contributed by atoms with Gasteiger partial charge in [-0.2, -0.15) is 0 Å². The minimum absolute atomic E-state index is 0.105. The Bertz CT molecular complexity index is 1190. The largest absolute Gasteiger partial charge is 0.497 e. The van der Waals surface area contributed by atoms with Crippen molar-refractivity contribution in [2.45, 2.75) is 17.9 Å². The Labute approximate surface area is 205 Å². The molecule has 1 aliphatic heterocycles. The third-order valence-corrected chi connectivity index (χ3v) is 8.22. The lowest BCUT2D eigenvalue weighted by atomic mass is 10.1. The highest BCUT2D eigenvalue weighted by molar-refractivity contribution is 7.89. The van der Waals surface area contributed by atoms with Crippen LogP contribution < -0.4 is 9.46 Å². The number of ether oxygens (including phenoxy) is 1. The molecule has 0 spiro atoms. The van der Waals surface area contributed by atoms with Crippen LogP contribution in [0.15, 0.2) is 70.9 Å². The molecule has 180 valence electrons. The van der Waals surface area contributed by atoms with Crippen molar-refractivity contribution in [1.82, 2.24) is 14.5 Å². The van der Waals surface area contributed by atoms with Crippen LogP contribution in [-0.2, 0) is 23.0 Å². The summed E-state index contributed by atoms with van der Waals surface area (Å²) >= 11 is 1.49. The first-order valence-electron chi connectivity index (χ1n) is 11.2. The summed E-state index contributed by atoms with van der Waals surface area (Å²) in [7, 11) is -2.04. The van der Waals surface area contributed by atoms with E-state index in [1.54, 1.807) is 24.1 Å². The molecule has 2 heterocycles. The van der Waals surface area contributed by atoms with E-state index in [4.69, 9.17) is 4.74 Å². The van der Waals surface area contributed by atoms with Gasteiger partial charge in [0.2, 0.25) is 10.0 Å². The van der Waals surface area contributed by atoms with Crippen molar-refractivity contribution in [2.24, 2.45) is 0 Å². The van der Waals surface area contributed by atoms with Gasteiger partial charge in [0, 0.05) is 49.7 Å². The zero-order valence-corrected chi connectivity index (χ0v) is 20.8. The molecule has 2 aromatic carbocycles. The van der Waals surface area contributed by atoms with Crippen LogP contribution in [-0.4, -0.2) is 64.0 Å². The van der Waals surface area contributed by atoms with Crippen molar-refractivity contribution in [3.05, 3.63) is 82.0 Å². The number of methoxy groups -OCH3 is 1. The molecule has 0 radical (unpaired) electrons. The predicted octanol–water partition coefficient (Wildman–Crippen LogP) is 3.24. The summed E-state index contributed by atoms with van der Waals surface area (Å²) in [6, 6.07) is 18.1. The first-order valence-corrected chi connectivity index (χ1v) is 13.6. The van der Waals surface area contributed by atoms with Crippen LogP contribution in [0.25, 0.3) is 0 Å². The smallest absolute Gasteiger partial charge is 0.253 e. The van der Waals surface area contributed by atoms with Crippen LogP contribution in [0.3, 0.4) is 0 Å². The number of benzene rings is 2. The number of hydrogen-bond acceptors (Lipinski definition) is 6.